The van der Waals surface area contributed by atoms with Crippen molar-refractivity contribution in [3.05, 3.63) is 0 Å². The standard InChI is InChI=1S/C9H20N4S/c1-3-11-8(13-10)12-7-9(14-2)5-4-6-9/h3-7,10H2,1-2H3,(H2,11,12,13). The van der Waals surface area contributed by atoms with Crippen LogP contribution in [-0.2, 0) is 0 Å². The van der Waals surface area contributed by atoms with Crippen LogP contribution in [0.1, 0.15) is 26.2 Å². The average molecular weight is 216 g/mol. The highest BCUT2D eigenvalue weighted by molar-refractivity contribution is 8.00. The van der Waals surface area contributed by atoms with E-state index in [4.69, 9.17) is 5.84 Å². The number of hydrogen-bond donors (Lipinski definition) is 3. The minimum Gasteiger partial charge on any atom is -0.356 e. The summed E-state index contributed by atoms with van der Waals surface area (Å²) in [7, 11) is 0. The molecule has 1 rings (SSSR count). The van der Waals surface area contributed by atoms with Crippen LogP contribution < -0.4 is 16.6 Å². The average Bonchev–Trinajstić information content (AvgIpc) is 2.15. The number of guanidine groups is 1. The van der Waals surface area contributed by atoms with Crippen LogP contribution in [0.4, 0.5) is 0 Å². The van der Waals surface area contributed by atoms with Gasteiger partial charge in [-0.2, -0.15) is 11.8 Å². The molecule has 5 heteroatoms. The highest BCUT2D eigenvalue weighted by atomic mass is 32.2. The lowest BCUT2D eigenvalue weighted by Gasteiger charge is -2.39. The van der Waals surface area contributed by atoms with Crippen molar-refractivity contribution < 1.29 is 0 Å². The van der Waals surface area contributed by atoms with Gasteiger partial charge in [0.2, 0.25) is 5.96 Å². The summed E-state index contributed by atoms with van der Waals surface area (Å²) in [6, 6.07) is 0. The quantitative estimate of drug-likeness (QED) is 0.280. The van der Waals surface area contributed by atoms with E-state index in [0.717, 1.165) is 13.1 Å². The van der Waals surface area contributed by atoms with Gasteiger partial charge in [-0.25, -0.2) is 5.84 Å². The van der Waals surface area contributed by atoms with E-state index in [0.29, 0.717) is 10.7 Å². The summed E-state index contributed by atoms with van der Waals surface area (Å²) < 4.78 is 0.386. The van der Waals surface area contributed by atoms with E-state index in [1.807, 2.05) is 18.7 Å². The molecule has 1 saturated carbocycles. The van der Waals surface area contributed by atoms with Crippen molar-refractivity contribution in [1.29, 1.82) is 0 Å². The third kappa shape index (κ3) is 2.78. The number of nitrogens with two attached hydrogens (primary N) is 1. The van der Waals surface area contributed by atoms with Gasteiger partial charge in [-0.1, -0.05) is 6.42 Å². The molecule has 0 saturated heterocycles. The Morgan fingerprint density at radius 3 is 2.64 bits per heavy atom. The van der Waals surface area contributed by atoms with Crippen LogP contribution in [0, 0.1) is 0 Å². The van der Waals surface area contributed by atoms with E-state index in [2.05, 4.69) is 22.0 Å². The second-order valence-corrected chi connectivity index (χ2v) is 4.85. The van der Waals surface area contributed by atoms with Gasteiger partial charge in [0.1, 0.15) is 0 Å². The fourth-order valence-electron chi connectivity index (χ4n) is 1.54. The molecule has 0 unspecified atom stereocenters. The van der Waals surface area contributed by atoms with Gasteiger partial charge in [0.25, 0.3) is 0 Å². The Balaban J connectivity index is 2.41. The zero-order valence-electron chi connectivity index (χ0n) is 8.97. The number of hydrazine groups is 1. The molecular formula is C9H20N4S. The molecule has 0 amide bonds. The van der Waals surface area contributed by atoms with Crippen molar-refractivity contribution in [2.24, 2.45) is 10.8 Å². The van der Waals surface area contributed by atoms with Crippen molar-refractivity contribution in [3.8, 4) is 0 Å². The summed E-state index contributed by atoms with van der Waals surface area (Å²) in [5.41, 5.74) is 2.58. The fraction of sp³-hybridized carbons (Fsp3) is 0.889. The largest absolute Gasteiger partial charge is 0.356 e. The third-order valence-corrected chi connectivity index (χ3v) is 4.11. The number of rotatable bonds is 4. The van der Waals surface area contributed by atoms with Crippen LogP contribution in [0.5, 0.6) is 0 Å². The van der Waals surface area contributed by atoms with Crippen LogP contribution >= 0.6 is 11.8 Å². The summed E-state index contributed by atoms with van der Waals surface area (Å²) in [6.45, 7) is 3.73. The molecule has 1 aliphatic rings. The Hall–Kier alpha value is -0.420. The lowest BCUT2D eigenvalue weighted by Crippen LogP contribution is -2.44. The van der Waals surface area contributed by atoms with Crippen LogP contribution in [0.2, 0.25) is 0 Å². The lowest BCUT2D eigenvalue weighted by atomic mass is 9.84. The van der Waals surface area contributed by atoms with Gasteiger partial charge >= 0.3 is 0 Å². The van der Waals surface area contributed by atoms with E-state index >= 15 is 0 Å². The normalized spacial score (nSPS) is 20.1. The zero-order chi connectivity index (χ0) is 10.4. The number of aliphatic imine (C=N–C) groups is 1. The molecule has 0 spiro atoms. The summed E-state index contributed by atoms with van der Waals surface area (Å²) in [5.74, 6) is 6.04. The van der Waals surface area contributed by atoms with Crippen molar-refractivity contribution in [1.82, 2.24) is 10.7 Å². The van der Waals surface area contributed by atoms with Crippen LogP contribution in [0.15, 0.2) is 4.99 Å². The van der Waals surface area contributed by atoms with Crippen molar-refractivity contribution in [2.75, 3.05) is 19.3 Å². The van der Waals surface area contributed by atoms with Gasteiger partial charge in [0.15, 0.2) is 0 Å². The second-order valence-electron chi connectivity index (χ2n) is 3.58. The zero-order valence-corrected chi connectivity index (χ0v) is 9.78. The topological polar surface area (TPSA) is 62.4 Å². The molecule has 0 aromatic carbocycles. The summed E-state index contributed by atoms with van der Waals surface area (Å²) in [6.07, 6.45) is 6.06. The molecule has 0 radical (unpaired) electrons. The molecule has 0 aromatic heterocycles. The maximum Gasteiger partial charge on any atom is 0.205 e. The number of thioether (sulfide) groups is 1. The minimum absolute atomic E-state index is 0.386. The SMILES string of the molecule is CCNC(=NCC1(SC)CCC1)NN. The maximum atomic E-state index is 5.34. The highest BCUT2D eigenvalue weighted by Gasteiger charge is 2.35. The number of nitrogens with zero attached hydrogens (tertiary/aromatic N) is 1. The number of nitrogens with one attached hydrogen (secondary N) is 2. The van der Waals surface area contributed by atoms with Gasteiger partial charge < -0.3 is 5.32 Å². The molecule has 0 aliphatic heterocycles. The molecule has 14 heavy (non-hydrogen) atoms. The second kappa shape index (κ2) is 5.46. The first kappa shape index (κ1) is 11.7. The molecule has 1 fully saturated rings. The molecule has 82 valence electrons. The van der Waals surface area contributed by atoms with Gasteiger partial charge in [-0.05, 0) is 26.0 Å². The van der Waals surface area contributed by atoms with Crippen molar-refractivity contribution in [3.63, 3.8) is 0 Å². The maximum absolute atomic E-state index is 5.34. The Labute approximate surface area is 90.1 Å². The number of hydrogen-bond acceptors (Lipinski definition) is 3. The predicted molar refractivity (Wildman–Crippen MR) is 63.4 cm³/mol. The highest BCUT2D eigenvalue weighted by Crippen LogP contribution is 2.42. The van der Waals surface area contributed by atoms with E-state index < -0.39 is 0 Å². The Morgan fingerprint density at radius 1 is 1.57 bits per heavy atom. The molecule has 4 nitrogen and oxygen atoms in total. The summed E-state index contributed by atoms with van der Waals surface area (Å²) >= 11 is 1.93. The first-order valence-electron chi connectivity index (χ1n) is 5.06. The first-order valence-corrected chi connectivity index (χ1v) is 6.29. The third-order valence-electron chi connectivity index (χ3n) is 2.70. The molecule has 1 aliphatic carbocycles. The van der Waals surface area contributed by atoms with Crippen LogP contribution in [0.25, 0.3) is 0 Å². The van der Waals surface area contributed by atoms with Crippen LogP contribution in [0.3, 0.4) is 0 Å². The van der Waals surface area contributed by atoms with Gasteiger partial charge in [0.05, 0.1) is 6.54 Å². The van der Waals surface area contributed by atoms with E-state index in [-0.39, 0.29) is 0 Å². The fourth-order valence-corrected chi connectivity index (χ4v) is 2.43. The predicted octanol–water partition coefficient (Wildman–Crippen LogP) is 0.701. The van der Waals surface area contributed by atoms with Gasteiger partial charge in [0, 0.05) is 11.3 Å². The van der Waals surface area contributed by atoms with E-state index in [1.54, 1.807) is 0 Å². The smallest absolute Gasteiger partial charge is 0.205 e. The Morgan fingerprint density at radius 2 is 2.29 bits per heavy atom. The molecular weight excluding hydrogens is 196 g/mol. The Bertz CT molecular complexity index is 195. The monoisotopic (exact) mass is 216 g/mol. The lowest BCUT2D eigenvalue weighted by molar-refractivity contribution is 0.372. The van der Waals surface area contributed by atoms with E-state index in [1.165, 1.54) is 19.3 Å². The minimum atomic E-state index is 0.386. The van der Waals surface area contributed by atoms with Crippen LogP contribution in [-0.4, -0.2) is 30.1 Å². The molecule has 4 N–H and O–H groups in total. The molecule has 0 atom stereocenters. The van der Waals surface area contributed by atoms with Gasteiger partial charge in [-0.15, -0.1) is 0 Å². The van der Waals surface area contributed by atoms with Gasteiger partial charge in [-0.3, -0.25) is 10.4 Å². The Kier molecular flexibility index (Phi) is 4.54. The molecule has 0 aromatic rings. The van der Waals surface area contributed by atoms with E-state index in [9.17, 15) is 0 Å². The van der Waals surface area contributed by atoms with Crippen molar-refractivity contribution in [2.45, 2.75) is 30.9 Å². The first-order chi connectivity index (χ1) is 6.76. The molecule has 0 bridgehead atoms. The van der Waals surface area contributed by atoms with Crippen molar-refractivity contribution >= 4 is 17.7 Å². The molecule has 0 heterocycles. The summed E-state index contributed by atoms with van der Waals surface area (Å²) in [4.78, 5) is 4.45. The summed E-state index contributed by atoms with van der Waals surface area (Å²) in [5, 5.41) is 3.08.